The first-order chi connectivity index (χ1) is 10.0. The third-order valence-electron chi connectivity index (χ3n) is 4.25. The van der Waals surface area contributed by atoms with Crippen LogP contribution in [0.1, 0.15) is 34.6 Å². The summed E-state index contributed by atoms with van der Waals surface area (Å²) in [6.07, 6.45) is 2.19. The zero-order valence-corrected chi connectivity index (χ0v) is 12.3. The number of rotatable bonds is 4. The van der Waals surface area contributed by atoms with Crippen LogP contribution in [0.2, 0.25) is 0 Å². The summed E-state index contributed by atoms with van der Waals surface area (Å²) in [5.74, 6) is -0.145. The van der Waals surface area contributed by atoms with E-state index in [4.69, 9.17) is 0 Å². The van der Waals surface area contributed by atoms with Gasteiger partial charge < -0.3 is 14.9 Å². The fourth-order valence-corrected chi connectivity index (χ4v) is 2.88. The molecule has 2 N–H and O–H groups in total. The summed E-state index contributed by atoms with van der Waals surface area (Å²) in [5.41, 5.74) is 1.96. The maximum atomic E-state index is 12.5. The predicted molar refractivity (Wildman–Crippen MR) is 80.5 cm³/mol. The molecule has 2 aromatic rings. The van der Waals surface area contributed by atoms with E-state index in [9.17, 15) is 9.59 Å². The van der Waals surface area contributed by atoms with Crippen LogP contribution in [0.25, 0.3) is 0 Å². The molecule has 110 valence electrons. The van der Waals surface area contributed by atoms with Gasteiger partial charge in [0.2, 0.25) is 0 Å². The van der Waals surface area contributed by atoms with Gasteiger partial charge >= 0.3 is 5.69 Å². The number of H-pyrrole nitrogens is 2. The molecule has 0 saturated heterocycles. The Balaban J connectivity index is 1.78. The molecule has 0 bridgehead atoms. The summed E-state index contributed by atoms with van der Waals surface area (Å²) in [6.45, 7) is 2.39. The van der Waals surface area contributed by atoms with E-state index in [-0.39, 0.29) is 17.0 Å². The highest BCUT2D eigenvalue weighted by atomic mass is 16.2. The van der Waals surface area contributed by atoms with E-state index >= 15 is 0 Å². The molecule has 5 heteroatoms. The van der Waals surface area contributed by atoms with Crippen LogP contribution < -0.4 is 5.69 Å². The van der Waals surface area contributed by atoms with Crippen LogP contribution in [0.5, 0.6) is 0 Å². The predicted octanol–water partition coefficient (Wildman–Crippen LogP) is 1.82. The van der Waals surface area contributed by atoms with Crippen LogP contribution in [0.3, 0.4) is 0 Å². The van der Waals surface area contributed by atoms with Gasteiger partial charge in [-0.25, -0.2) is 4.79 Å². The molecule has 1 saturated carbocycles. The lowest BCUT2D eigenvalue weighted by Gasteiger charge is -2.24. The zero-order valence-electron chi connectivity index (χ0n) is 12.3. The number of nitrogens with one attached hydrogen (secondary N) is 2. The standard InChI is InChI=1S/C16H19N3O2/c1-11-13(18-15(21)17-11)14(20)19(2)10-16(8-9-16)12-6-4-3-5-7-12/h3-7H,8-10H2,1-2H3,(H2,17,18,21). The van der Waals surface area contributed by atoms with Crippen LogP contribution in [0.4, 0.5) is 0 Å². The van der Waals surface area contributed by atoms with Gasteiger partial charge in [0.25, 0.3) is 5.91 Å². The lowest BCUT2D eigenvalue weighted by Crippen LogP contribution is -2.35. The lowest BCUT2D eigenvalue weighted by atomic mass is 9.95. The number of aryl methyl sites for hydroxylation is 1. The van der Waals surface area contributed by atoms with Crippen molar-refractivity contribution in [2.45, 2.75) is 25.2 Å². The number of nitrogens with zero attached hydrogens (tertiary/aromatic N) is 1. The van der Waals surface area contributed by atoms with Crippen LogP contribution in [0, 0.1) is 6.92 Å². The Kier molecular flexibility index (Phi) is 3.20. The first kappa shape index (κ1) is 13.7. The minimum absolute atomic E-state index is 0.0795. The number of likely N-dealkylation sites (N-methyl/N-ethyl adjacent to an activating group) is 1. The Labute approximate surface area is 123 Å². The summed E-state index contributed by atoms with van der Waals surface area (Å²) < 4.78 is 0. The molecule has 1 heterocycles. The maximum absolute atomic E-state index is 12.5. The Bertz CT molecular complexity index is 711. The highest BCUT2D eigenvalue weighted by molar-refractivity contribution is 5.93. The number of carbonyl (C=O) groups excluding carboxylic acids is 1. The van der Waals surface area contributed by atoms with E-state index in [2.05, 4.69) is 22.1 Å². The normalized spacial score (nSPS) is 15.7. The van der Waals surface area contributed by atoms with Gasteiger partial charge in [-0.05, 0) is 25.3 Å². The van der Waals surface area contributed by atoms with Gasteiger partial charge in [-0.3, -0.25) is 4.79 Å². The van der Waals surface area contributed by atoms with Gasteiger partial charge in [0, 0.05) is 24.7 Å². The second kappa shape index (κ2) is 4.91. The Hall–Kier alpha value is -2.30. The van der Waals surface area contributed by atoms with E-state index in [0.717, 1.165) is 12.8 Å². The summed E-state index contributed by atoms with van der Waals surface area (Å²) in [7, 11) is 1.79. The molecule has 1 fully saturated rings. The fraction of sp³-hybridized carbons (Fsp3) is 0.375. The molecule has 5 nitrogen and oxygen atoms in total. The van der Waals surface area contributed by atoms with E-state index in [1.165, 1.54) is 5.56 Å². The maximum Gasteiger partial charge on any atom is 0.323 e. The molecule has 0 radical (unpaired) electrons. The van der Waals surface area contributed by atoms with Gasteiger partial charge in [0.05, 0.1) is 0 Å². The van der Waals surface area contributed by atoms with Crippen molar-refractivity contribution >= 4 is 5.91 Å². The molecule has 3 rings (SSSR count). The molecule has 1 aliphatic carbocycles. The van der Waals surface area contributed by atoms with Crippen molar-refractivity contribution < 1.29 is 4.79 Å². The molecule has 0 atom stereocenters. The molecular weight excluding hydrogens is 266 g/mol. The number of hydrogen-bond acceptors (Lipinski definition) is 2. The molecule has 1 aromatic carbocycles. The first-order valence-corrected chi connectivity index (χ1v) is 7.12. The zero-order chi connectivity index (χ0) is 15.0. The summed E-state index contributed by atoms with van der Waals surface area (Å²) in [5, 5.41) is 0. The molecule has 0 unspecified atom stereocenters. The number of benzene rings is 1. The quantitative estimate of drug-likeness (QED) is 0.899. The lowest BCUT2D eigenvalue weighted by molar-refractivity contribution is 0.0775. The highest BCUT2D eigenvalue weighted by Crippen LogP contribution is 2.48. The summed E-state index contributed by atoms with van der Waals surface area (Å²) >= 11 is 0. The fourth-order valence-electron chi connectivity index (χ4n) is 2.88. The van der Waals surface area contributed by atoms with Crippen molar-refractivity contribution in [2.24, 2.45) is 0 Å². The van der Waals surface area contributed by atoms with Crippen LogP contribution in [0.15, 0.2) is 35.1 Å². The largest absolute Gasteiger partial charge is 0.339 e. The number of carbonyl (C=O) groups is 1. The van der Waals surface area contributed by atoms with E-state index in [1.54, 1.807) is 18.9 Å². The van der Waals surface area contributed by atoms with Gasteiger partial charge in [0.15, 0.2) is 0 Å². The molecule has 21 heavy (non-hydrogen) atoms. The van der Waals surface area contributed by atoms with Gasteiger partial charge in [-0.15, -0.1) is 0 Å². The number of hydrogen-bond donors (Lipinski definition) is 2. The minimum Gasteiger partial charge on any atom is -0.339 e. The first-order valence-electron chi connectivity index (χ1n) is 7.12. The molecule has 0 aliphatic heterocycles. The van der Waals surface area contributed by atoms with Gasteiger partial charge in [-0.2, -0.15) is 0 Å². The number of imidazole rings is 1. The van der Waals surface area contributed by atoms with E-state index in [0.29, 0.717) is 17.9 Å². The number of amides is 1. The molecule has 1 aromatic heterocycles. The smallest absolute Gasteiger partial charge is 0.323 e. The van der Waals surface area contributed by atoms with Gasteiger partial charge in [-0.1, -0.05) is 30.3 Å². The van der Waals surface area contributed by atoms with Gasteiger partial charge in [0.1, 0.15) is 5.69 Å². The van der Waals surface area contributed by atoms with Crippen molar-refractivity contribution in [3.8, 4) is 0 Å². The van der Waals surface area contributed by atoms with E-state index < -0.39 is 0 Å². The average Bonchev–Trinajstić information content (AvgIpc) is 3.18. The SMILES string of the molecule is Cc1[nH]c(=O)[nH]c1C(=O)N(C)CC1(c2ccccc2)CC1. The Morgan fingerprint density at radius 2 is 1.90 bits per heavy atom. The van der Waals surface area contributed by atoms with Crippen molar-refractivity contribution in [1.29, 1.82) is 0 Å². The molecular formula is C16H19N3O2. The molecule has 0 spiro atoms. The molecule has 1 aliphatic rings. The third-order valence-corrected chi connectivity index (χ3v) is 4.25. The minimum atomic E-state index is -0.339. The second-order valence-corrected chi connectivity index (χ2v) is 5.89. The summed E-state index contributed by atoms with van der Waals surface area (Å²) in [6, 6.07) is 10.3. The number of aromatic amines is 2. The average molecular weight is 285 g/mol. The van der Waals surface area contributed by atoms with Crippen molar-refractivity contribution in [3.05, 3.63) is 57.8 Å². The highest BCUT2D eigenvalue weighted by Gasteiger charge is 2.45. The topological polar surface area (TPSA) is 69.0 Å². The Morgan fingerprint density at radius 1 is 1.24 bits per heavy atom. The van der Waals surface area contributed by atoms with Crippen molar-refractivity contribution in [2.75, 3.05) is 13.6 Å². The summed E-state index contributed by atoms with van der Waals surface area (Å²) in [4.78, 5) is 30.6. The third kappa shape index (κ3) is 2.51. The molecule has 1 amide bonds. The van der Waals surface area contributed by atoms with E-state index in [1.807, 2.05) is 18.2 Å². The number of aromatic nitrogens is 2. The van der Waals surface area contributed by atoms with Crippen LogP contribution >= 0.6 is 0 Å². The van der Waals surface area contributed by atoms with Crippen LogP contribution in [-0.4, -0.2) is 34.4 Å². The van der Waals surface area contributed by atoms with Crippen molar-refractivity contribution in [1.82, 2.24) is 14.9 Å². The van der Waals surface area contributed by atoms with Crippen LogP contribution in [-0.2, 0) is 5.41 Å². The Morgan fingerprint density at radius 3 is 2.43 bits per heavy atom. The van der Waals surface area contributed by atoms with Crippen molar-refractivity contribution in [3.63, 3.8) is 0 Å². The monoisotopic (exact) mass is 285 g/mol. The second-order valence-electron chi connectivity index (χ2n) is 5.89.